The molecule has 0 bridgehead atoms. The van der Waals surface area contributed by atoms with E-state index < -0.39 is 0 Å². The second-order valence-corrected chi connectivity index (χ2v) is 2.55. The Bertz CT molecular complexity index is 479. The Balaban J connectivity index is 2.89. The van der Waals surface area contributed by atoms with Crippen LogP contribution in [0.15, 0.2) is 11.3 Å². The predicted molar refractivity (Wildman–Crippen MR) is 47.8 cm³/mol. The Hall–Kier alpha value is -2.18. The molecular weight excluding hydrogens is 170 g/mol. The summed E-state index contributed by atoms with van der Waals surface area (Å²) in [6.07, 6.45) is 1.49. The zero-order valence-corrected chi connectivity index (χ0v) is 6.70. The van der Waals surface area contributed by atoms with Crippen LogP contribution in [0.2, 0.25) is 0 Å². The van der Waals surface area contributed by atoms with E-state index in [1.807, 2.05) is 0 Å². The van der Waals surface area contributed by atoms with Gasteiger partial charge in [0.15, 0.2) is 5.82 Å². The number of imidazole rings is 1. The van der Waals surface area contributed by atoms with E-state index in [2.05, 4.69) is 20.3 Å². The average molecular weight is 179 g/mol. The highest BCUT2D eigenvalue weighted by atomic mass is 15.2. The van der Waals surface area contributed by atoms with Crippen LogP contribution in [-0.2, 0) is 0 Å². The molecule has 1 aromatic heterocycles. The van der Waals surface area contributed by atoms with Crippen molar-refractivity contribution in [1.82, 2.24) is 15.3 Å². The first-order chi connectivity index (χ1) is 6.18. The van der Waals surface area contributed by atoms with E-state index in [1.54, 1.807) is 0 Å². The Morgan fingerprint density at radius 2 is 2.00 bits per heavy atom. The quantitative estimate of drug-likeness (QED) is 0.280. The number of H-pyrrole nitrogens is 1. The van der Waals surface area contributed by atoms with Crippen molar-refractivity contribution in [3.05, 3.63) is 17.0 Å². The number of fused-ring (bicyclic) bond motifs is 1. The van der Waals surface area contributed by atoms with Crippen LogP contribution in [0.4, 0.5) is 0 Å². The summed E-state index contributed by atoms with van der Waals surface area (Å²) in [6.45, 7) is 0. The van der Waals surface area contributed by atoms with Gasteiger partial charge in [0.05, 0.1) is 6.33 Å². The minimum Gasteiger partial charge on any atom is -0.383 e. The molecule has 0 saturated carbocycles. The number of aliphatic imine (C=N–C) groups is 1. The van der Waals surface area contributed by atoms with Gasteiger partial charge in [-0.1, -0.05) is 0 Å². The summed E-state index contributed by atoms with van der Waals surface area (Å²) in [5.74, 6) is 0.748. The van der Waals surface area contributed by atoms with Gasteiger partial charge in [-0.3, -0.25) is 0 Å². The lowest BCUT2D eigenvalue weighted by molar-refractivity contribution is 1.15. The normalized spacial score (nSPS) is 15.8. The van der Waals surface area contributed by atoms with Gasteiger partial charge in [-0.05, 0) is 0 Å². The van der Waals surface area contributed by atoms with Crippen molar-refractivity contribution in [2.75, 3.05) is 0 Å². The van der Waals surface area contributed by atoms with Gasteiger partial charge in [0, 0.05) is 0 Å². The van der Waals surface area contributed by atoms with Gasteiger partial charge < -0.3 is 27.5 Å². The molecule has 0 saturated heterocycles. The number of nitrogens with two attached hydrogens (primary N) is 3. The van der Waals surface area contributed by atoms with E-state index in [4.69, 9.17) is 17.2 Å². The van der Waals surface area contributed by atoms with Gasteiger partial charge >= 0.3 is 0 Å². The smallest absolute Gasteiger partial charge is 0.201 e. The standard InChI is InChI=1S/C6H9N7/c7-4-2-3(11-1-10-2)5(8)13-6(9)12-4/h1H,7-8H2,(H,10,11)(H3,9,12,13). The fourth-order valence-electron chi connectivity index (χ4n) is 1.10. The van der Waals surface area contributed by atoms with Crippen molar-refractivity contribution < 1.29 is 0 Å². The third kappa shape index (κ3) is 1.06. The largest absolute Gasteiger partial charge is 0.383 e. The van der Waals surface area contributed by atoms with Gasteiger partial charge in [-0.2, -0.15) is 4.99 Å². The van der Waals surface area contributed by atoms with Gasteiger partial charge in [-0.25, -0.2) is 4.98 Å². The number of nitrogens with one attached hydrogen (secondary N) is 2. The van der Waals surface area contributed by atoms with Crippen LogP contribution in [0.5, 0.6) is 0 Å². The Morgan fingerprint density at radius 1 is 1.23 bits per heavy atom. The first-order valence-electron chi connectivity index (χ1n) is 3.58. The van der Waals surface area contributed by atoms with Crippen LogP contribution in [0, 0.1) is 0 Å². The van der Waals surface area contributed by atoms with Crippen LogP contribution in [-0.4, -0.2) is 15.9 Å². The van der Waals surface area contributed by atoms with E-state index in [0.29, 0.717) is 16.5 Å². The van der Waals surface area contributed by atoms with Crippen LogP contribution in [0.25, 0.3) is 11.6 Å². The topological polar surface area (TPSA) is 131 Å². The molecule has 68 valence electrons. The first kappa shape index (κ1) is 7.47. The molecule has 0 radical (unpaired) electrons. The molecule has 0 spiro atoms. The summed E-state index contributed by atoms with van der Waals surface area (Å²) in [5, 5.41) is 3.76. The molecule has 13 heavy (non-hydrogen) atoms. The van der Waals surface area contributed by atoms with Gasteiger partial charge in [0.1, 0.15) is 16.5 Å². The number of hydrogen-bond donors (Lipinski definition) is 5. The summed E-state index contributed by atoms with van der Waals surface area (Å²) in [7, 11) is 0. The van der Waals surface area contributed by atoms with Crippen molar-refractivity contribution in [1.29, 1.82) is 0 Å². The zero-order valence-electron chi connectivity index (χ0n) is 6.70. The monoisotopic (exact) mass is 179 g/mol. The van der Waals surface area contributed by atoms with Crippen LogP contribution < -0.4 is 33.2 Å². The minimum atomic E-state index is 0.154. The number of hydrogen-bond acceptors (Lipinski definition) is 6. The average Bonchev–Trinajstić information content (AvgIpc) is 2.47. The van der Waals surface area contributed by atoms with Crippen molar-refractivity contribution in [2.45, 2.75) is 0 Å². The maximum absolute atomic E-state index is 5.64. The van der Waals surface area contributed by atoms with Gasteiger partial charge in [0.25, 0.3) is 0 Å². The lowest BCUT2D eigenvalue weighted by atomic mass is 10.5. The lowest BCUT2D eigenvalue weighted by Gasteiger charge is -2.00. The highest BCUT2D eigenvalue weighted by Crippen LogP contribution is 1.84. The van der Waals surface area contributed by atoms with Crippen LogP contribution in [0.1, 0.15) is 0 Å². The predicted octanol–water partition coefficient (Wildman–Crippen LogP) is -3.62. The van der Waals surface area contributed by atoms with E-state index in [0.717, 1.165) is 0 Å². The molecule has 7 nitrogen and oxygen atoms in total. The summed E-state index contributed by atoms with van der Waals surface area (Å²) in [6, 6.07) is 0. The van der Waals surface area contributed by atoms with E-state index >= 15 is 0 Å². The first-order valence-corrected chi connectivity index (χ1v) is 3.58. The highest BCUT2D eigenvalue weighted by molar-refractivity contribution is 5.87. The summed E-state index contributed by atoms with van der Waals surface area (Å²) in [4.78, 5) is 10.6. The molecule has 0 aromatic carbocycles. The van der Waals surface area contributed by atoms with E-state index in [1.165, 1.54) is 6.33 Å². The number of guanidine groups is 1. The Labute approximate surface area is 73.0 Å². The fourth-order valence-corrected chi connectivity index (χ4v) is 1.10. The molecule has 1 aliphatic rings. The van der Waals surface area contributed by atoms with Crippen molar-refractivity contribution in [2.24, 2.45) is 22.2 Å². The summed E-state index contributed by atoms with van der Waals surface area (Å²) >= 11 is 0. The van der Waals surface area contributed by atoms with Gasteiger partial charge in [-0.15, -0.1) is 0 Å². The minimum absolute atomic E-state index is 0.154. The zero-order chi connectivity index (χ0) is 9.42. The second-order valence-electron chi connectivity index (χ2n) is 2.55. The highest BCUT2D eigenvalue weighted by Gasteiger charge is 2.06. The number of aromatic amines is 1. The molecule has 2 rings (SSSR count). The maximum atomic E-state index is 5.64. The molecule has 0 atom stereocenters. The van der Waals surface area contributed by atoms with Crippen molar-refractivity contribution >= 4 is 17.6 Å². The molecule has 1 aliphatic heterocycles. The van der Waals surface area contributed by atoms with Crippen LogP contribution >= 0.6 is 0 Å². The molecule has 0 fully saturated rings. The number of nitrogens with zero attached hydrogens (tertiary/aromatic N) is 2. The van der Waals surface area contributed by atoms with Crippen LogP contribution in [0.3, 0.4) is 0 Å². The molecule has 8 N–H and O–H groups in total. The molecule has 7 heteroatoms. The molecule has 0 amide bonds. The lowest BCUT2D eigenvalue weighted by Crippen LogP contribution is -2.39. The molecular formula is C6H9N7. The number of rotatable bonds is 0. The number of aromatic nitrogens is 2. The van der Waals surface area contributed by atoms with E-state index in [9.17, 15) is 0 Å². The Morgan fingerprint density at radius 3 is 2.77 bits per heavy atom. The van der Waals surface area contributed by atoms with Crippen molar-refractivity contribution in [3.63, 3.8) is 0 Å². The summed E-state index contributed by atoms with van der Waals surface area (Å²) < 4.78 is 0. The van der Waals surface area contributed by atoms with Crippen molar-refractivity contribution in [3.8, 4) is 0 Å². The summed E-state index contributed by atoms with van der Waals surface area (Å²) in [5.41, 5.74) is 16.7. The Kier molecular flexibility index (Phi) is 1.38. The fraction of sp³-hybridized carbons (Fsp3) is 0. The second kappa shape index (κ2) is 2.41. The molecule has 0 aliphatic carbocycles. The third-order valence-electron chi connectivity index (χ3n) is 1.65. The molecule has 1 aromatic rings. The maximum Gasteiger partial charge on any atom is 0.201 e. The SMILES string of the molecule is NC1=NC(N)=c2[nH]cnc2=C(N)N1. The van der Waals surface area contributed by atoms with E-state index in [-0.39, 0.29) is 11.8 Å². The van der Waals surface area contributed by atoms with Gasteiger partial charge in [0.2, 0.25) is 5.96 Å². The third-order valence-corrected chi connectivity index (χ3v) is 1.65. The molecule has 0 unspecified atom stereocenters. The molecule has 2 heterocycles.